The van der Waals surface area contributed by atoms with Gasteiger partial charge in [0, 0.05) is 129 Å². The molecule has 6 aliphatic heterocycles. The van der Waals surface area contributed by atoms with Crippen molar-refractivity contribution >= 4 is 47.5 Å². The van der Waals surface area contributed by atoms with Gasteiger partial charge in [-0.2, -0.15) is 0 Å². The molecule has 16 nitrogen and oxygen atoms in total. The third-order valence-electron chi connectivity index (χ3n) is 14.9. The number of nitrogens with zero attached hydrogens (tertiary/aromatic N) is 8. The fourth-order valence-electron chi connectivity index (χ4n) is 10.6. The van der Waals surface area contributed by atoms with Crippen LogP contribution in [0.25, 0.3) is 0 Å². The molecule has 2 amide bonds. The van der Waals surface area contributed by atoms with Crippen molar-refractivity contribution in [1.82, 2.24) is 30.2 Å². The fourth-order valence-corrected chi connectivity index (χ4v) is 10.6. The number of nitrogens with one attached hydrogen (secondary N) is 2. The van der Waals surface area contributed by atoms with Gasteiger partial charge < -0.3 is 49.5 Å². The molecule has 4 aromatic rings. The number of benzene rings is 4. The third kappa shape index (κ3) is 19.3. The van der Waals surface area contributed by atoms with Crippen molar-refractivity contribution in [1.29, 1.82) is 0 Å². The predicted molar refractivity (Wildman–Crippen MR) is 316 cm³/mol. The van der Waals surface area contributed by atoms with Crippen LogP contribution in [0.5, 0.6) is 0 Å². The zero-order valence-electron chi connectivity index (χ0n) is 49.0. The van der Waals surface area contributed by atoms with Crippen LogP contribution in [0.4, 0.5) is 49.9 Å². The highest BCUT2D eigenvalue weighted by Crippen LogP contribution is 2.27. The van der Waals surface area contributed by atoms with Crippen molar-refractivity contribution in [2.45, 2.75) is 91.5 Å². The van der Waals surface area contributed by atoms with Crippen molar-refractivity contribution in [3.63, 3.8) is 0 Å². The summed E-state index contributed by atoms with van der Waals surface area (Å²) in [6, 6.07) is 20.3. The number of likely N-dealkylation sites (tertiary alicyclic amines) is 2. The van der Waals surface area contributed by atoms with Crippen LogP contribution < -0.4 is 30.2 Å². The smallest absolute Gasteiger partial charge is 0.410 e. The van der Waals surface area contributed by atoms with Crippen molar-refractivity contribution in [2.75, 3.05) is 150 Å². The molecule has 0 saturated carbocycles. The maximum atomic E-state index is 14.6. The van der Waals surface area contributed by atoms with Crippen LogP contribution in [0.2, 0.25) is 0 Å². The Kier molecular flexibility index (Phi) is 23.2. The number of ether oxygens (including phenoxy) is 2. The van der Waals surface area contributed by atoms with Crippen molar-refractivity contribution in [2.24, 2.45) is 0 Å². The maximum absolute atomic E-state index is 14.6. The van der Waals surface area contributed by atoms with Crippen molar-refractivity contribution in [3.8, 4) is 0 Å². The first-order valence-electron chi connectivity index (χ1n) is 29.1. The molecule has 0 aliphatic carbocycles. The van der Waals surface area contributed by atoms with Crippen LogP contribution >= 0.6 is 0 Å². The molecule has 0 unspecified atom stereocenters. The van der Waals surface area contributed by atoms with Crippen LogP contribution in [-0.4, -0.2) is 186 Å². The van der Waals surface area contributed by atoms with Crippen molar-refractivity contribution < 1.29 is 46.2 Å². The summed E-state index contributed by atoms with van der Waals surface area (Å²) in [6.07, 6.45) is 5.67. The molecule has 10 rings (SSSR count). The summed E-state index contributed by atoms with van der Waals surface area (Å²) in [4.78, 5) is 61.3. The number of anilines is 4. The number of amides is 2. The molecule has 6 saturated heterocycles. The molecular weight excluding hydrogens is 1060 g/mol. The average Bonchev–Trinajstić information content (AvgIpc) is 4.23. The molecule has 0 aromatic heterocycles. The van der Waals surface area contributed by atoms with Gasteiger partial charge in [-0.1, -0.05) is 12.1 Å². The normalized spacial score (nSPS) is 18.1. The molecule has 0 atom stereocenters. The topological polar surface area (TPSA) is 137 Å². The molecule has 0 spiro atoms. The van der Waals surface area contributed by atoms with Crippen LogP contribution in [0.15, 0.2) is 72.8 Å². The summed E-state index contributed by atoms with van der Waals surface area (Å²) >= 11 is 0. The van der Waals surface area contributed by atoms with Gasteiger partial charge in [0.25, 0.3) is 0 Å². The van der Waals surface area contributed by atoms with Gasteiger partial charge in [0.2, 0.25) is 0 Å². The quantitative estimate of drug-likeness (QED) is 0.115. The van der Waals surface area contributed by atoms with Gasteiger partial charge in [0.05, 0.1) is 22.7 Å². The standard InChI is InChI=1S/C20H30FN3O2.C16H21FN2O3.C15H22FN3.C11H13FN2O/c1-20(2,3)26-19(25)24-12-10-23(11-13-24)18-7-6-16(14-17(18)21)15-22-8-4-5-9-22;1-16(2,3)22-15(21)19-8-6-18(7-9-19)14-5-4-12(11-20)10-13(14)17;16-14-11-13(12-18-7-1-2-8-18)3-4-15(14)19-9-5-17-6-10-19;12-10-7-9(8-15)1-2-11(10)14-5-3-13-4-6-14/h6-7,14H,4-5,8-13,15H2,1-3H3;4-5,10-11H,6-9H2,1-3H3;3-4,11,17H,1-2,5-10,12H2;1-2,7-8,13H,3-6H2. The van der Waals surface area contributed by atoms with E-state index in [0.29, 0.717) is 93.1 Å². The number of carbonyl (C=O) groups excluding carboxylic acids is 4. The highest BCUT2D eigenvalue weighted by molar-refractivity contribution is 5.77. The zero-order chi connectivity index (χ0) is 58.8. The van der Waals surface area contributed by atoms with E-state index in [4.69, 9.17) is 9.47 Å². The van der Waals surface area contributed by atoms with Gasteiger partial charge in [0.15, 0.2) is 0 Å². The van der Waals surface area contributed by atoms with Crippen molar-refractivity contribution in [3.05, 3.63) is 118 Å². The summed E-state index contributed by atoms with van der Waals surface area (Å²) < 4.78 is 67.2. The second-order valence-corrected chi connectivity index (χ2v) is 23.6. The second-order valence-electron chi connectivity index (χ2n) is 23.6. The van der Waals surface area contributed by atoms with Crippen LogP contribution in [0.3, 0.4) is 0 Å². The summed E-state index contributed by atoms with van der Waals surface area (Å²) in [6.45, 7) is 28.6. The largest absolute Gasteiger partial charge is 0.444 e. The first kappa shape index (κ1) is 63.1. The lowest BCUT2D eigenvalue weighted by Gasteiger charge is -2.37. The summed E-state index contributed by atoms with van der Waals surface area (Å²) in [5, 5.41) is 6.50. The summed E-state index contributed by atoms with van der Waals surface area (Å²) in [7, 11) is 0. The number of carbonyl (C=O) groups is 4. The van der Waals surface area contributed by atoms with Gasteiger partial charge in [-0.15, -0.1) is 0 Å². The van der Waals surface area contributed by atoms with E-state index in [2.05, 4.69) is 31.4 Å². The predicted octanol–water partition coefficient (Wildman–Crippen LogP) is 9.05. The lowest BCUT2D eigenvalue weighted by molar-refractivity contribution is 0.0230. The SMILES string of the molecule is CC(C)(C)OC(=O)N1CCN(c2ccc(C=O)cc2F)CC1.CC(C)(C)OC(=O)N1CCN(c2ccc(CN3CCCC3)cc2F)CC1.Fc1cc(CN2CCCC2)ccc1N1CCNCC1.O=Cc1ccc(N2CCNCC2)c(F)c1. The number of piperazine rings is 4. The van der Waals surface area contributed by atoms with E-state index in [9.17, 15) is 36.7 Å². The Labute approximate surface area is 482 Å². The molecule has 4 aromatic carbocycles. The Bertz CT molecular complexity index is 2700. The molecular formula is C62H86F4N10O6. The van der Waals surface area contributed by atoms with E-state index >= 15 is 0 Å². The lowest BCUT2D eigenvalue weighted by atomic mass is 10.1. The number of aldehydes is 2. The van der Waals surface area contributed by atoms with E-state index in [1.807, 2.05) is 74.4 Å². The van der Waals surface area contributed by atoms with E-state index in [-0.39, 0.29) is 29.6 Å². The minimum absolute atomic E-state index is 0.0707. The van der Waals surface area contributed by atoms with Gasteiger partial charge in [0.1, 0.15) is 47.0 Å². The van der Waals surface area contributed by atoms with Gasteiger partial charge >= 0.3 is 12.2 Å². The Hall–Kier alpha value is -6.48. The second kappa shape index (κ2) is 30.2. The van der Waals surface area contributed by atoms with E-state index in [1.165, 1.54) is 37.8 Å². The first-order chi connectivity index (χ1) is 39.2. The summed E-state index contributed by atoms with van der Waals surface area (Å²) in [5.74, 6) is -0.983. The average molecular weight is 1140 g/mol. The Morgan fingerprint density at radius 2 is 0.720 bits per heavy atom. The maximum Gasteiger partial charge on any atom is 0.410 e. The van der Waals surface area contributed by atoms with E-state index < -0.39 is 17.0 Å². The Morgan fingerprint density at radius 1 is 0.427 bits per heavy atom. The van der Waals surface area contributed by atoms with Crippen LogP contribution in [0, 0.1) is 23.3 Å². The molecule has 0 radical (unpaired) electrons. The molecule has 6 aliphatic rings. The van der Waals surface area contributed by atoms with Gasteiger partial charge in [-0.25, -0.2) is 27.2 Å². The molecule has 20 heteroatoms. The van der Waals surface area contributed by atoms with E-state index in [1.54, 1.807) is 46.2 Å². The molecule has 82 heavy (non-hydrogen) atoms. The molecule has 2 N–H and O–H groups in total. The molecule has 6 heterocycles. The Morgan fingerprint density at radius 3 is 1.00 bits per heavy atom. The molecule has 448 valence electrons. The number of hydrogen-bond donors (Lipinski definition) is 2. The zero-order valence-corrected chi connectivity index (χ0v) is 49.0. The van der Waals surface area contributed by atoms with Crippen LogP contribution in [0.1, 0.15) is 99.1 Å². The highest BCUT2D eigenvalue weighted by Gasteiger charge is 2.29. The van der Waals surface area contributed by atoms with Crippen LogP contribution in [-0.2, 0) is 22.6 Å². The minimum atomic E-state index is -0.523. The Balaban J connectivity index is 0.000000160. The summed E-state index contributed by atoms with van der Waals surface area (Å²) in [5.41, 5.74) is 4.22. The molecule has 6 fully saturated rings. The minimum Gasteiger partial charge on any atom is -0.444 e. The van der Waals surface area contributed by atoms with Gasteiger partial charge in [-0.3, -0.25) is 19.4 Å². The fraction of sp³-hybridized carbons (Fsp3) is 0.548. The number of halogens is 4. The monoisotopic (exact) mass is 1140 g/mol. The first-order valence-corrected chi connectivity index (χ1v) is 29.1. The number of rotatable bonds is 10. The molecule has 0 bridgehead atoms. The third-order valence-corrected chi connectivity index (χ3v) is 14.9. The highest BCUT2D eigenvalue weighted by atomic mass is 19.1. The lowest BCUT2D eigenvalue weighted by Crippen LogP contribution is -2.50. The van der Waals surface area contributed by atoms with Gasteiger partial charge in [-0.05, 0) is 165 Å². The number of hydrogen-bond acceptors (Lipinski definition) is 14. The van der Waals surface area contributed by atoms with E-state index in [0.717, 1.165) is 108 Å².